The van der Waals surface area contributed by atoms with Gasteiger partial charge < -0.3 is 29.4 Å². The Morgan fingerprint density at radius 3 is 2.58 bits per heavy atom. The lowest BCUT2D eigenvalue weighted by molar-refractivity contribution is -0.120. The van der Waals surface area contributed by atoms with E-state index in [0.717, 1.165) is 5.39 Å². The van der Waals surface area contributed by atoms with Gasteiger partial charge in [0.15, 0.2) is 28.2 Å². The number of ether oxygens (including phenoxy) is 3. The lowest BCUT2D eigenvalue weighted by Gasteiger charge is -2.14. The number of thiocarbonyl (C=S) groups is 1. The monoisotopic (exact) mass is 531 g/mol. The number of fused-ring (bicyclic) bond motifs is 2. The van der Waals surface area contributed by atoms with Crippen molar-refractivity contribution in [1.82, 2.24) is 19.9 Å². The number of aromatic nitrogens is 3. The molecule has 0 unspecified atom stereocenters. The standard InChI is InChI=1S/C27H22FN5O4S/c1-35-23-13-18-20(14-24(23)36-2)29-10-7-21(18)37-22-6-5-17(12-19(22)28)31-27(38)32-25(34)15-33-11-8-16-4-3-9-30-26(16)33/h3-14H,15H2,1-2H3,(H2,31,32,34,38). The Morgan fingerprint density at radius 2 is 1.79 bits per heavy atom. The van der Waals surface area contributed by atoms with Gasteiger partial charge in [-0.2, -0.15) is 0 Å². The van der Waals surface area contributed by atoms with E-state index in [1.807, 2.05) is 18.2 Å². The topological polar surface area (TPSA) is 99.5 Å². The SMILES string of the molecule is COc1cc2nccc(Oc3ccc(NC(=S)NC(=O)Cn4ccc5cccnc54)cc3F)c2cc1OC. The van der Waals surface area contributed by atoms with Crippen LogP contribution in [0.3, 0.4) is 0 Å². The van der Waals surface area contributed by atoms with Crippen molar-refractivity contribution >= 4 is 50.9 Å². The van der Waals surface area contributed by atoms with E-state index in [-0.39, 0.29) is 23.3 Å². The fraction of sp³-hybridized carbons (Fsp3) is 0.111. The molecule has 2 aromatic carbocycles. The summed E-state index contributed by atoms with van der Waals surface area (Å²) in [5.41, 5.74) is 1.64. The molecule has 0 bridgehead atoms. The fourth-order valence-electron chi connectivity index (χ4n) is 3.95. The van der Waals surface area contributed by atoms with E-state index in [2.05, 4.69) is 20.6 Å². The predicted molar refractivity (Wildman–Crippen MR) is 145 cm³/mol. The van der Waals surface area contributed by atoms with Gasteiger partial charge in [0, 0.05) is 47.2 Å². The third-order valence-corrected chi connectivity index (χ3v) is 5.91. The van der Waals surface area contributed by atoms with Gasteiger partial charge in [-0.1, -0.05) is 0 Å². The molecule has 0 radical (unpaired) electrons. The van der Waals surface area contributed by atoms with Gasteiger partial charge in [0.05, 0.1) is 19.7 Å². The Morgan fingerprint density at radius 1 is 0.974 bits per heavy atom. The van der Waals surface area contributed by atoms with E-state index in [1.165, 1.54) is 26.4 Å². The maximum absolute atomic E-state index is 14.9. The van der Waals surface area contributed by atoms with Crippen LogP contribution in [-0.4, -0.2) is 39.8 Å². The molecule has 3 heterocycles. The molecule has 5 rings (SSSR count). The van der Waals surface area contributed by atoms with E-state index in [0.29, 0.717) is 39.5 Å². The Labute approximate surface area is 222 Å². The number of nitrogens with zero attached hydrogens (tertiary/aromatic N) is 3. The summed E-state index contributed by atoms with van der Waals surface area (Å²) in [6.45, 7) is 0.0278. The fourth-order valence-corrected chi connectivity index (χ4v) is 4.18. The Bertz CT molecular complexity index is 1670. The lowest BCUT2D eigenvalue weighted by atomic mass is 10.2. The van der Waals surface area contributed by atoms with Crippen LogP contribution in [0.15, 0.2) is 73.2 Å². The third-order valence-electron chi connectivity index (χ3n) is 5.71. The summed E-state index contributed by atoms with van der Waals surface area (Å²) in [5, 5.41) is 7.00. The van der Waals surface area contributed by atoms with Gasteiger partial charge in [-0.3, -0.25) is 9.78 Å². The van der Waals surface area contributed by atoms with Gasteiger partial charge in [-0.25, -0.2) is 9.37 Å². The summed E-state index contributed by atoms with van der Waals surface area (Å²) in [6, 6.07) is 15.0. The highest BCUT2D eigenvalue weighted by atomic mass is 32.1. The van der Waals surface area contributed by atoms with Gasteiger partial charge in [-0.05, 0) is 54.7 Å². The maximum atomic E-state index is 14.9. The lowest BCUT2D eigenvalue weighted by Crippen LogP contribution is -2.36. The van der Waals surface area contributed by atoms with Gasteiger partial charge in [0.2, 0.25) is 5.91 Å². The van der Waals surface area contributed by atoms with Crippen LogP contribution in [0, 0.1) is 5.82 Å². The Hall–Kier alpha value is -4.77. The van der Waals surface area contributed by atoms with Crippen LogP contribution in [0.2, 0.25) is 0 Å². The quantitative estimate of drug-likeness (QED) is 0.282. The van der Waals surface area contributed by atoms with Gasteiger partial charge in [-0.15, -0.1) is 0 Å². The highest BCUT2D eigenvalue weighted by Crippen LogP contribution is 2.37. The molecule has 2 N–H and O–H groups in total. The number of benzene rings is 2. The first-order valence-electron chi connectivity index (χ1n) is 11.4. The van der Waals surface area contributed by atoms with E-state index in [1.54, 1.807) is 47.4 Å². The predicted octanol–water partition coefficient (Wildman–Crippen LogP) is 5.05. The van der Waals surface area contributed by atoms with Crippen LogP contribution >= 0.6 is 12.2 Å². The van der Waals surface area contributed by atoms with Crippen molar-refractivity contribution in [2.75, 3.05) is 19.5 Å². The second-order valence-corrected chi connectivity index (χ2v) is 8.55. The second-order valence-electron chi connectivity index (χ2n) is 8.14. The number of carbonyl (C=O) groups is 1. The number of nitrogens with one attached hydrogen (secondary N) is 2. The molecule has 0 fully saturated rings. The van der Waals surface area contributed by atoms with Crippen molar-refractivity contribution in [2.45, 2.75) is 6.54 Å². The van der Waals surface area contributed by atoms with Crippen LogP contribution < -0.4 is 24.8 Å². The highest BCUT2D eigenvalue weighted by Gasteiger charge is 2.14. The van der Waals surface area contributed by atoms with Crippen LogP contribution in [0.1, 0.15) is 0 Å². The average molecular weight is 532 g/mol. The first kappa shape index (κ1) is 24.9. The van der Waals surface area contributed by atoms with Crippen LogP contribution in [0.4, 0.5) is 10.1 Å². The van der Waals surface area contributed by atoms with Gasteiger partial charge >= 0.3 is 0 Å². The van der Waals surface area contributed by atoms with Crippen molar-refractivity contribution in [3.05, 3.63) is 79.0 Å². The zero-order chi connectivity index (χ0) is 26.6. The van der Waals surface area contributed by atoms with E-state index in [4.69, 9.17) is 26.4 Å². The number of halogens is 1. The summed E-state index contributed by atoms with van der Waals surface area (Å²) in [4.78, 5) is 21.1. The smallest absolute Gasteiger partial charge is 0.246 e. The molecule has 0 saturated carbocycles. The largest absolute Gasteiger partial charge is 0.493 e. The molecule has 3 aromatic heterocycles. The molecule has 0 aliphatic heterocycles. The molecule has 0 aliphatic carbocycles. The Balaban J connectivity index is 1.26. The highest BCUT2D eigenvalue weighted by molar-refractivity contribution is 7.80. The molecular weight excluding hydrogens is 509 g/mol. The molecule has 11 heteroatoms. The molecule has 38 heavy (non-hydrogen) atoms. The van der Waals surface area contributed by atoms with Crippen molar-refractivity contribution in [1.29, 1.82) is 0 Å². The van der Waals surface area contributed by atoms with Gasteiger partial charge in [0.1, 0.15) is 17.9 Å². The minimum Gasteiger partial charge on any atom is -0.493 e. The van der Waals surface area contributed by atoms with E-state index < -0.39 is 5.82 Å². The molecule has 0 saturated heterocycles. The number of anilines is 1. The molecule has 0 atom stereocenters. The number of hydrogen-bond donors (Lipinski definition) is 2. The van der Waals surface area contributed by atoms with E-state index in [9.17, 15) is 9.18 Å². The zero-order valence-corrected chi connectivity index (χ0v) is 21.2. The molecule has 0 spiro atoms. The zero-order valence-electron chi connectivity index (χ0n) is 20.4. The average Bonchev–Trinajstić information content (AvgIpc) is 3.32. The molecule has 1 amide bonds. The van der Waals surface area contributed by atoms with Crippen LogP contribution in [-0.2, 0) is 11.3 Å². The number of hydrogen-bond acceptors (Lipinski definition) is 7. The number of methoxy groups -OCH3 is 2. The van der Waals surface area contributed by atoms with Crippen molar-refractivity contribution < 1.29 is 23.4 Å². The molecule has 9 nitrogen and oxygen atoms in total. The molecule has 0 aliphatic rings. The summed E-state index contributed by atoms with van der Waals surface area (Å²) in [6.07, 6.45) is 5.00. The van der Waals surface area contributed by atoms with Crippen molar-refractivity contribution in [3.63, 3.8) is 0 Å². The van der Waals surface area contributed by atoms with Crippen molar-refractivity contribution in [3.8, 4) is 23.0 Å². The molecule has 5 aromatic rings. The van der Waals surface area contributed by atoms with E-state index >= 15 is 0 Å². The van der Waals surface area contributed by atoms with Gasteiger partial charge in [0.25, 0.3) is 0 Å². The van der Waals surface area contributed by atoms with Crippen LogP contribution in [0.25, 0.3) is 21.9 Å². The number of rotatable bonds is 7. The maximum Gasteiger partial charge on any atom is 0.246 e. The second kappa shape index (κ2) is 10.7. The van der Waals surface area contributed by atoms with Crippen molar-refractivity contribution in [2.24, 2.45) is 0 Å². The molecule has 192 valence electrons. The normalized spacial score (nSPS) is 10.8. The Kier molecular flexibility index (Phi) is 7.00. The first-order chi connectivity index (χ1) is 18.4. The summed E-state index contributed by atoms with van der Waals surface area (Å²) < 4.78 is 33.2. The molecular formula is C27H22FN5O4S. The summed E-state index contributed by atoms with van der Waals surface area (Å²) in [5.74, 6) is 0.439. The third kappa shape index (κ3) is 5.18. The van der Waals surface area contributed by atoms with Crippen LogP contribution in [0.5, 0.6) is 23.0 Å². The minimum absolute atomic E-state index is 0.000209. The number of amides is 1. The first-order valence-corrected chi connectivity index (χ1v) is 11.8. The summed E-state index contributed by atoms with van der Waals surface area (Å²) in [7, 11) is 3.06. The summed E-state index contributed by atoms with van der Waals surface area (Å²) >= 11 is 5.23. The number of carbonyl (C=O) groups excluding carboxylic acids is 1. The minimum atomic E-state index is -0.626. The number of pyridine rings is 2.